The largest absolute Gasteiger partial charge is 0.443 e. The average Bonchev–Trinajstić information content (AvgIpc) is 2.42. The Hall–Kier alpha value is -0.720. The maximum atomic E-state index is 12.8. The molecule has 0 saturated heterocycles. The first-order valence-electron chi connectivity index (χ1n) is 7.28. The van der Waals surface area contributed by atoms with E-state index in [4.69, 9.17) is 4.74 Å². The van der Waals surface area contributed by atoms with Crippen LogP contribution in [-0.4, -0.2) is 23.0 Å². The number of fused-ring (bicyclic) bond motifs is 2. The molecular weight excluding hydrogens is 442 g/mol. The van der Waals surface area contributed by atoms with Crippen molar-refractivity contribution in [3.63, 3.8) is 0 Å². The number of halogens is 2. The molecule has 3 rings (SSSR count). The highest BCUT2D eigenvalue weighted by atomic mass is 79.9. The van der Waals surface area contributed by atoms with Gasteiger partial charge in [0.1, 0.15) is 5.60 Å². The lowest BCUT2D eigenvalue weighted by Crippen LogP contribution is -2.49. The van der Waals surface area contributed by atoms with Gasteiger partial charge in [-0.3, -0.25) is 4.90 Å². The van der Waals surface area contributed by atoms with Gasteiger partial charge in [-0.05, 0) is 39.0 Å². The third-order valence-corrected chi connectivity index (χ3v) is 5.74. The van der Waals surface area contributed by atoms with Crippen LogP contribution >= 0.6 is 43.6 Å². The molecule has 0 spiro atoms. The van der Waals surface area contributed by atoms with Crippen molar-refractivity contribution in [1.82, 2.24) is 0 Å². The first kappa shape index (κ1) is 17.1. The minimum atomic E-state index is -0.526. The van der Waals surface area contributed by atoms with Crippen LogP contribution in [0.25, 0.3) is 0 Å². The number of thioether (sulfide) groups is 1. The van der Waals surface area contributed by atoms with E-state index >= 15 is 0 Å². The molecule has 1 amide bonds. The van der Waals surface area contributed by atoms with E-state index in [1.54, 1.807) is 16.7 Å². The lowest BCUT2D eigenvalue weighted by atomic mass is 10.1. The van der Waals surface area contributed by atoms with Crippen LogP contribution in [0, 0.1) is 0 Å². The number of rotatable bonds is 0. The van der Waals surface area contributed by atoms with Crippen molar-refractivity contribution in [3.05, 3.63) is 45.4 Å². The number of carbonyl (C=O) groups excluding carboxylic acids is 1. The maximum Gasteiger partial charge on any atom is 0.415 e. The van der Waals surface area contributed by atoms with Gasteiger partial charge in [0, 0.05) is 13.9 Å². The quantitative estimate of drug-likeness (QED) is 0.485. The maximum absolute atomic E-state index is 12.8. The van der Waals surface area contributed by atoms with E-state index in [0.29, 0.717) is 0 Å². The molecular formula is C17H17Br2NO2S. The summed E-state index contributed by atoms with van der Waals surface area (Å²) >= 11 is 8.80. The molecule has 23 heavy (non-hydrogen) atoms. The number of ether oxygens (including phenoxy) is 1. The molecule has 0 N–H and O–H groups in total. The number of anilines is 1. The smallest absolute Gasteiger partial charge is 0.415 e. The standard InChI is InChI=1S/C17H17Br2NO2S/c1-17(2,3)22-16(21)20-12-6-4-10(18)8-14(12)23-15-9-11(19)5-7-13(15)20/h4-9,12,14H,1-3H3. The van der Waals surface area contributed by atoms with Gasteiger partial charge in [-0.25, -0.2) is 4.79 Å². The molecule has 122 valence electrons. The van der Waals surface area contributed by atoms with Crippen LogP contribution in [0.4, 0.5) is 10.5 Å². The molecule has 3 nitrogen and oxygen atoms in total. The SMILES string of the molecule is CC(C)(C)OC(=O)N1c2ccc(Br)cc2SC2C=C(Br)C=CC21. The van der Waals surface area contributed by atoms with Gasteiger partial charge in [0.25, 0.3) is 0 Å². The molecule has 2 unspecified atom stereocenters. The normalized spacial score (nSPS) is 23.0. The second kappa shape index (κ2) is 6.30. The Morgan fingerprint density at radius 1 is 1.30 bits per heavy atom. The second-order valence-corrected chi connectivity index (χ2v) is 9.50. The molecule has 0 aromatic heterocycles. The molecule has 1 heterocycles. The number of amides is 1. The van der Waals surface area contributed by atoms with Gasteiger partial charge in [0.05, 0.1) is 17.0 Å². The molecule has 0 radical (unpaired) electrons. The third kappa shape index (κ3) is 3.69. The van der Waals surface area contributed by atoms with Gasteiger partial charge in [0.2, 0.25) is 0 Å². The lowest BCUT2D eigenvalue weighted by Gasteiger charge is -2.41. The summed E-state index contributed by atoms with van der Waals surface area (Å²) in [6, 6.07) is 5.92. The number of nitrogens with zero attached hydrogens (tertiary/aromatic N) is 1. The minimum Gasteiger partial charge on any atom is -0.443 e. The van der Waals surface area contributed by atoms with Crippen LogP contribution in [0.15, 0.2) is 50.3 Å². The van der Waals surface area contributed by atoms with Gasteiger partial charge in [-0.2, -0.15) is 0 Å². The van der Waals surface area contributed by atoms with Crippen molar-refractivity contribution < 1.29 is 9.53 Å². The molecule has 2 aliphatic rings. The van der Waals surface area contributed by atoms with E-state index in [0.717, 1.165) is 19.5 Å². The van der Waals surface area contributed by atoms with Crippen LogP contribution in [-0.2, 0) is 4.74 Å². The van der Waals surface area contributed by atoms with Crippen molar-refractivity contribution in [1.29, 1.82) is 0 Å². The van der Waals surface area contributed by atoms with Crippen molar-refractivity contribution in [2.45, 2.75) is 42.6 Å². The molecule has 6 heteroatoms. The first-order valence-corrected chi connectivity index (χ1v) is 9.75. The first-order chi connectivity index (χ1) is 10.7. The lowest BCUT2D eigenvalue weighted by molar-refractivity contribution is 0.0571. The summed E-state index contributed by atoms with van der Waals surface area (Å²) in [6.07, 6.45) is 5.86. The minimum absolute atomic E-state index is 0.0511. The number of benzene rings is 1. The number of allylic oxidation sites excluding steroid dienone is 2. The van der Waals surface area contributed by atoms with E-state index in [2.05, 4.69) is 44.0 Å². The number of hydrogen-bond acceptors (Lipinski definition) is 3. The summed E-state index contributed by atoms with van der Waals surface area (Å²) < 4.78 is 7.68. The Labute approximate surface area is 157 Å². The van der Waals surface area contributed by atoms with Crippen LogP contribution in [0.5, 0.6) is 0 Å². The van der Waals surface area contributed by atoms with Crippen molar-refractivity contribution in [3.8, 4) is 0 Å². The number of hydrogen-bond donors (Lipinski definition) is 0. The summed E-state index contributed by atoms with van der Waals surface area (Å²) in [7, 11) is 0. The van der Waals surface area contributed by atoms with Crippen LogP contribution < -0.4 is 4.90 Å². The summed E-state index contributed by atoms with van der Waals surface area (Å²) in [6.45, 7) is 5.66. The molecule has 0 bridgehead atoms. The van der Waals surface area contributed by atoms with E-state index < -0.39 is 5.60 Å². The van der Waals surface area contributed by atoms with Crippen molar-refractivity contribution in [2.24, 2.45) is 0 Å². The van der Waals surface area contributed by atoms with E-state index in [-0.39, 0.29) is 17.4 Å². The average molecular weight is 459 g/mol. The summed E-state index contributed by atoms with van der Waals surface area (Å²) in [5, 5.41) is 0.156. The Balaban J connectivity index is 2.04. The highest BCUT2D eigenvalue weighted by molar-refractivity contribution is 9.12. The summed E-state index contributed by atoms with van der Waals surface area (Å²) in [4.78, 5) is 15.6. The fourth-order valence-corrected chi connectivity index (χ4v) is 5.03. The molecule has 2 atom stereocenters. The highest BCUT2D eigenvalue weighted by Crippen LogP contribution is 2.46. The zero-order chi connectivity index (χ0) is 16.8. The molecule has 1 aromatic rings. The topological polar surface area (TPSA) is 29.5 Å². The Morgan fingerprint density at radius 2 is 2.04 bits per heavy atom. The fourth-order valence-electron chi connectivity index (χ4n) is 2.57. The van der Waals surface area contributed by atoms with Gasteiger partial charge in [-0.1, -0.05) is 50.1 Å². The fraction of sp³-hybridized carbons (Fsp3) is 0.353. The van der Waals surface area contributed by atoms with Gasteiger partial charge >= 0.3 is 6.09 Å². The molecule has 1 aliphatic carbocycles. The van der Waals surface area contributed by atoms with E-state index in [9.17, 15) is 4.79 Å². The number of carbonyl (C=O) groups is 1. The molecule has 0 saturated carbocycles. The van der Waals surface area contributed by atoms with E-state index in [1.165, 1.54) is 0 Å². The molecule has 1 aliphatic heterocycles. The Bertz CT molecular complexity index is 709. The second-order valence-electron chi connectivity index (χ2n) is 6.45. The third-order valence-electron chi connectivity index (χ3n) is 3.45. The highest BCUT2D eigenvalue weighted by Gasteiger charge is 2.39. The predicted molar refractivity (Wildman–Crippen MR) is 102 cm³/mol. The zero-order valence-corrected chi connectivity index (χ0v) is 17.0. The summed E-state index contributed by atoms with van der Waals surface area (Å²) in [5.74, 6) is 0. The van der Waals surface area contributed by atoms with Gasteiger partial charge in [0.15, 0.2) is 0 Å². The van der Waals surface area contributed by atoms with E-state index in [1.807, 2.05) is 45.0 Å². The van der Waals surface area contributed by atoms with Gasteiger partial charge < -0.3 is 4.74 Å². The summed E-state index contributed by atoms with van der Waals surface area (Å²) in [5.41, 5.74) is 0.367. The van der Waals surface area contributed by atoms with Crippen LogP contribution in [0.3, 0.4) is 0 Å². The van der Waals surface area contributed by atoms with Gasteiger partial charge in [-0.15, -0.1) is 11.8 Å². The van der Waals surface area contributed by atoms with Crippen LogP contribution in [0.1, 0.15) is 20.8 Å². The van der Waals surface area contributed by atoms with Crippen molar-refractivity contribution >= 4 is 55.4 Å². The Kier molecular flexibility index (Phi) is 4.69. The van der Waals surface area contributed by atoms with Crippen LogP contribution in [0.2, 0.25) is 0 Å². The zero-order valence-electron chi connectivity index (χ0n) is 13.0. The Morgan fingerprint density at radius 3 is 2.74 bits per heavy atom. The van der Waals surface area contributed by atoms with Crippen molar-refractivity contribution in [2.75, 3.05) is 4.90 Å². The molecule has 0 fully saturated rings. The monoisotopic (exact) mass is 457 g/mol. The predicted octanol–water partition coefficient (Wildman–Crippen LogP) is 5.88. The molecule has 1 aromatic carbocycles.